The summed E-state index contributed by atoms with van der Waals surface area (Å²) in [6.07, 6.45) is 0.857. The van der Waals surface area contributed by atoms with Crippen molar-refractivity contribution in [2.45, 2.75) is 19.4 Å². The van der Waals surface area contributed by atoms with E-state index in [1.54, 1.807) is 13.1 Å². The van der Waals surface area contributed by atoms with E-state index in [9.17, 15) is 4.39 Å². The van der Waals surface area contributed by atoms with Crippen LogP contribution in [0.1, 0.15) is 11.1 Å². The van der Waals surface area contributed by atoms with Gasteiger partial charge in [0.15, 0.2) is 5.96 Å². The van der Waals surface area contributed by atoms with Gasteiger partial charge in [-0.3, -0.25) is 14.8 Å². The van der Waals surface area contributed by atoms with Crippen molar-refractivity contribution < 1.29 is 4.39 Å². The Kier molecular flexibility index (Phi) is 7.89. The summed E-state index contributed by atoms with van der Waals surface area (Å²) in [4.78, 5) is 9.42. The van der Waals surface area contributed by atoms with Crippen LogP contribution in [0.25, 0.3) is 0 Å². The second-order valence-electron chi connectivity index (χ2n) is 6.69. The maximum Gasteiger partial charge on any atom is 0.191 e. The van der Waals surface area contributed by atoms with Crippen molar-refractivity contribution in [3.63, 3.8) is 0 Å². The Morgan fingerprint density at radius 3 is 2.60 bits per heavy atom. The van der Waals surface area contributed by atoms with E-state index in [1.165, 1.54) is 37.8 Å². The number of fused-ring (bicyclic) bond motifs is 3. The van der Waals surface area contributed by atoms with Gasteiger partial charge in [0.2, 0.25) is 0 Å². The molecule has 140 valence electrons. The summed E-state index contributed by atoms with van der Waals surface area (Å²) in [5, 5.41) is 6.80. The Labute approximate surface area is 167 Å². The molecule has 1 atom stereocenters. The topological polar surface area (TPSA) is 42.9 Å². The molecule has 3 heterocycles. The van der Waals surface area contributed by atoms with Crippen LogP contribution in [0, 0.1) is 12.7 Å². The van der Waals surface area contributed by atoms with Gasteiger partial charge in [0.25, 0.3) is 0 Å². The van der Waals surface area contributed by atoms with Gasteiger partial charge in [0.05, 0.1) is 0 Å². The number of aryl methyl sites for hydroxylation is 1. The van der Waals surface area contributed by atoms with Crippen molar-refractivity contribution >= 4 is 29.9 Å². The van der Waals surface area contributed by atoms with Gasteiger partial charge < -0.3 is 10.6 Å². The average Bonchev–Trinajstić information content (AvgIpc) is 2.60. The fraction of sp³-hybridized carbons (Fsp3) is 0.611. The van der Waals surface area contributed by atoms with Gasteiger partial charge in [-0.1, -0.05) is 6.07 Å². The van der Waals surface area contributed by atoms with Gasteiger partial charge in [-0.25, -0.2) is 4.39 Å². The first-order valence-corrected chi connectivity index (χ1v) is 8.81. The molecule has 0 radical (unpaired) electrons. The number of hydrogen-bond donors (Lipinski definition) is 2. The SMILES string of the molecule is CN=C(NCCc1ccc(F)cc1C)NCC1CN2CCN1CC2.I. The molecule has 25 heavy (non-hydrogen) atoms. The molecule has 1 aromatic carbocycles. The van der Waals surface area contributed by atoms with E-state index in [1.807, 2.05) is 13.0 Å². The van der Waals surface area contributed by atoms with Crippen LogP contribution < -0.4 is 10.6 Å². The lowest BCUT2D eigenvalue weighted by Crippen LogP contribution is -2.63. The molecule has 0 saturated carbocycles. The Balaban J connectivity index is 0.00000225. The molecule has 2 bridgehead atoms. The highest BCUT2D eigenvalue weighted by molar-refractivity contribution is 14.0. The van der Waals surface area contributed by atoms with Gasteiger partial charge in [-0.2, -0.15) is 0 Å². The third-order valence-corrected chi connectivity index (χ3v) is 5.11. The largest absolute Gasteiger partial charge is 0.356 e. The summed E-state index contributed by atoms with van der Waals surface area (Å²) in [5.74, 6) is 0.668. The molecule has 4 rings (SSSR count). The molecule has 5 nitrogen and oxygen atoms in total. The summed E-state index contributed by atoms with van der Waals surface area (Å²) in [6, 6.07) is 5.55. The molecule has 3 fully saturated rings. The van der Waals surface area contributed by atoms with Crippen molar-refractivity contribution in [2.24, 2.45) is 4.99 Å². The molecule has 0 spiro atoms. The molecule has 1 unspecified atom stereocenters. The number of nitrogens with one attached hydrogen (secondary N) is 2. The van der Waals surface area contributed by atoms with E-state index < -0.39 is 0 Å². The zero-order valence-corrected chi connectivity index (χ0v) is 17.4. The first-order chi connectivity index (χ1) is 11.7. The van der Waals surface area contributed by atoms with Crippen LogP contribution in [-0.4, -0.2) is 74.7 Å². The normalized spacial score (nSPS) is 25.4. The van der Waals surface area contributed by atoms with Gasteiger partial charge in [-0.05, 0) is 36.6 Å². The standard InChI is InChI=1S/C18H28FN5.HI/c1-14-11-16(19)4-3-15(14)5-6-21-18(20-2)22-12-17-13-23-7-9-24(17)10-8-23;/h3-4,11,17H,5-10,12-13H2,1-2H3,(H2,20,21,22);1H. The van der Waals surface area contributed by atoms with E-state index in [2.05, 4.69) is 25.4 Å². The Morgan fingerprint density at radius 2 is 2.00 bits per heavy atom. The van der Waals surface area contributed by atoms with Gasteiger partial charge in [0.1, 0.15) is 5.82 Å². The maximum absolute atomic E-state index is 13.1. The van der Waals surface area contributed by atoms with E-state index in [0.29, 0.717) is 6.04 Å². The quantitative estimate of drug-likeness (QED) is 0.396. The minimum absolute atomic E-state index is 0. The minimum Gasteiger partial charge on any atom is -0.356 e. The Bertz CT molecular complexity index is 587. The lowest BCUT2D eigenvalue weighted by molar-refractivity contribution is 0.0154. The summed E-state index contributed by atoms with van der Waals surface area (Å²) in [5.41, 5.74) is 2.17. The third kappa shape index (κ3) is 5.52. The van der Waals surface area contributed by atoms with Gasteiger partial charge in [-0.15, -0.1) is 24.0 Å². The fourth-order valence-corrected chi connectivity index (χ4v) is 3.61. The predicted octanol–water partition coefficient (Wildman–Crippen LogP) is 1.46. The van der Waals surface area contributed by atoms with Crippen molar-refractivity contribution in [2.75, 3.05) is 52.9 Å². The first kappa shape index (κ1) is 20.4. The van der Waals surface area contributed by atoms with Gasteiger partial charge >= 0.3 is 0 Å². The molecule has 7 heteroatoms. The second-order valence-corrected chi connectivity index (χ2v) is 6.69. The number of hydrogen-bond acceptors (Lipinski definition) is 3. The number of guanidine groups is 1. The van der Waals surface area contributed by atoms with E-state index in [4.69, 9.17) is 0 Å². The monoisotopic (exact) mass is 461 g/mol. The Hall–Kier alpha value is -0.930. The number of aliphatic imine (C=N–C) groups is 1. The summed E-state index contributed by atoms with van der Waals surface area (Å²) >= 11 is 0. The highest BCUT2D eigenvalue weighted by Gasteiger charge is 2.31. The predicted molar refractivity (Wildman–Crippen MR) is 111 cm³/mol. The summed E-state index contributed by atoms with van der Waals surface area (Å²) < 4.78 is 13.1. The van der Waals surface area contributed by atoms with Crippen molar-refractivity contribution in [3.05, 3.63) is 35.1 Å². The molecule has 3 aliphatic rings. The molecule has 0 aliphatic carbocycles. The summed E-state index contributed by atoms with van der Waals surface area (Å²) in [6.45, 7) is 9.59. The van der Waals surface area contributed by atoms with Crippen molar-refractivity contribution in [3.8, 4) is 0 Å². The third-order valence-electron chi connectivity index (χ3n) is 5.11. The number of halogens is 2. The van der Waals surface area contributed by atoms with Crippen LogP contribution in [-0.2, 0) is 6.42 Å². The van der Waals surface area contributed by atoms with Crippen LogP contribution in [0.5, 0.6) is 0 Å². The lowest BCUT2D eigenvalue weighted by atomic mass is 10.1. The highest BCUT2D eigenvalue weighted by Crippen LogP contribution is 2.14. The number of benzene rings is 1. The first-order valence-electron chi connectivity index (χ1n) is 8.81. The number of rotatable bonds is 5. The van der Waals surface area contributed by atoms with Crippen molar-refractivity contribution in [1.29, 1.82) is 0 Å². The van der Waals surface area contributed by atoms with Gasteiger partial charge in [0, 0.05) is 58.9 Å². The molecule has 0 aromatic heterocycles. The Morgan fingerprint density at radius 1 is 1.24 bits per heavy atom. The molecular formula is C18H29FIN5. The molecule has 0 amide bonds. The average molecular weight is 461 g/mol. The molecule has 3 aliphatic heterocycles. The molecule has 1 aromatic rings. The zero-order valence-electron chi connectivity index (χ0n) is 15.1. The smallest absolute Gasteiger partial charge is 0.191 e. The second kappa shape index (κ2) is 9.68. The minimum atomic E-state index is -0.172. The molecular weight excluding hydrogens is 432 g/mol. The lowest BCUT2D eigenvalue weighted by Gasteiger charge is -2.47. The zero-order chi connectivity index (χ0) is 16.9. The van der Waals surface area contributed by atoms with Crippen LogP contribution in [0.2, 0.25) is 0 Å². The fourth-order valence-electron chi connectivity index (χ4n) is 3.61. The van der Waals surface area contributed by atoms with Crippen LogP contribution in [0.4, 0.5) is 4.39 Å². The van der Waals surface area contributed by atoms with E-state index in [-0.39, 0.29) is 29.8 Å². The summed E-state index contributed by atoms with van der Waals surface area (Å²) in [7, 11) is 1.80. The van der Waals surface area contributed by atoms with Crippen LogP contribution >= 0.6 is 24.0 Å². The van der Waals surface area contributed by atoms with E-state index in [0.717, 1.165) is 37.6 Å². The van der Waals surface area contributed by atoms with Crippen LogP contribution in [0.15, 0.2) is 23.2 Å². The number of nitrogens with zero attached hydrogens (tertiary/aromatic N) is 3. The molecule has 2 N–H and O–H groups in total. The number of piperazine rings is 3. The molecule has 3 saturated heterocycles. The van der Waals surface area contributed by atoms with E-state index >= 15 is 0 Å². The maximum atomic E-state index is 13.1. The van der Waals surface area contributed by atoms with Crippen LogP contribution in [0.3, 0.4) is 0 Å². The highest BCUT2D eigenvalue weighted by atomic mass is 127. The van der Waals surface area contributed by atoms with Crippen molar-refractivity contribution in [1.82, 2.24) is 20.4 Å².